The van der Waals surface area contributed by atoms with Crippen LogP contribution in [0.4, 0.5) is 0 Å². The van der Waals surface area contributed by atoms with E-state index in [1.807, 2.05) is 7.05 Å². The molecule has 0 saturated heterocycles. The Morgan fingerprint density at radius 1 is 1.50 bits per heavy atom. The van der Waals surface area contributed by atoms with Crippen molar-refractivity contribution in [3.63, 3.8) is 0 Å². The maximum absolute atomic E-state index is 10.9. The molecule has 72 valence electrons. The van der Waals surface area contributed by atoms with Crippen LogP contribution < -0.4 is 5.32 Å². The van der Waals surface area contributed by atoms with E-state index in [0.717, 1.165) is 25.7 Å². The fourth-order valence-electron chi connectivity index (χ4n) is 1.86. The summed E-state index contributed by atoms with van der Waals surface area (Å²) in [7, 11) is 1.81. The van der Waals surface area contributed by atoms with Crippen molar-refractivity contribution in [3.05, 3.63) is 0 Å². The zero-order valence-electron chi connectivity index (χ0n) is 7.30. The van der Waals surface area contributed by atoms with Crippen molar-refractivity contribution in [2.75, 3.05) is 13.6 Å². The molecule has 4 heteroatoms. The summed E-state index contributed by atoms with van der Waals surface area (Å²) < 4.78 is 0. The summed E-state index contributed by atoms with van der Waals surface area (Å²) in [6.07, 6.45) is 3.80. The van der Waals surface area contributed by atoms with Crippen molar-refractivity contribution in [3.8, 4) is 0 Å². The second-order valence-electron chi connectivity index (χ2n) is 3.32. The van der Waals surface area contributed by atoms with Gasteiger partial charge in [-0.25, -0.2) is 0 Å². The first kappa shape index (κ1) is 11.9. The first-order valence-corrected chi connectivity index (χ1v) is 4.09. The van der Waals surface area contributed by atoms with Gasteiger partial charge in [0, 0.05) is 6.54 Å². The molecule has 1 saturated carbocycles. The first-order valence-electron chi connectivity index (χ1n) is 4.09. The van der Waals surface area contributed by atoms with Crippen molar-refractivity contribution >= 4 is 23.0 Å². The predicted molar refractivity (Wildman–Crippen MR) is 52.8 cm³/mol. The topological polar surface area (TPSA) is 49.3 Å². The molecule has 0 bridgehead atoms. The van der Waals surface area contributed by atoms with Gasteiger partial charge in [0.15, 0.2) is 0 Å². The van der Waals surface area contributed by atoms with Crippen LogP contribution in [0.2, 0.25) is 0 Å². The molecular formula is C8H16BrNO2. The minimum Gasteiger partial charge on any atom is -0.481 e. The predicted octanol–water partition coefficient (Wildman–Crippen LogP) is 1.43. The summed E-state index contributed by atoms with van der Waals surface area (Å²) in [6.45, 7) is 0.613. The number of nitrogens with one attached hydrogen (secondary N) is 1. The average molecular weight is 238 g/mol. The van der Waals surface area contributed by atoms with E-state index in [0.29, 0.717) is 6.54 Å². The van der Waals surface area contributed by atoms with Crippen molar-refractivity contribution in [1.82, 2.24) is 5.32 Å². The number of hydrogen-bond donors (Lipinski definition) is 2. The maximum Gasteiger partial charge on any atom is 0.310 e. The second kappa shape index (κ2) is 4.82. The Hall–Kier alpha value is -0.0900. The van der Waals surface area contributed by atoms with Gasteiger partial charge in [-0.15, -0.1) is 17.0 Å². The van der Waals surface area contributed by atoms with E-state index >= 15 is 0 Å². The lowest BCUT2D eigenvalue weighted by atomic mass is 9.86. The molecule has 0 unspecified atom stereocenters. The molecule has 0 radical (unpaired) electrons. The number of carbonyl (C=O) groups is 1. The largest absolute Gasteiger partial charge is 0.481 e. The van der Waals surface area contributed by atoms with Crippen LogP contribution in [0.15, 0.2) is 0 Å². The highest BCUT2D eigenvalue weighted by Gasteiger charge is 2.40. The Balaban J connectivity index is 0.00000121. The fourth-order valence-corrected chi connectivity index (χ4v) is 1.86. The summed E-state index contributed by atoms with van der Waals surface area (Å²) in [5.74, 6) is -0.635. The van der Waals surface area contributed by atoms with Crippen LogP contribution in [0, 0.1) is 5.41 Å². The molecule has 1 aliphatic rings. The Kier molecular flexibility index (Phi) is 4.78. The van der Waals surface area contributed by atoms with Crippen LogP contribution in [-0.4, -0.2) is 24.7 Å². The minimum atomic E-state index is -0.635. The quantitative estimate of drug-likeness (QED) is 0.781. The van der Waals surface area contributed by atoms with Gasteiger partial charge in [0.2, 0.25) is 0 Å². The van der Waals surface area contributed by atoms with Gasteiger partial charge < -0.3 is 10.4 Å². The molecule has 1 aliphatic carbocycles. The Labute approximate surface area is 83.3 Å². The second-order valence-corrected chi connectivity index (χ2v) is 3.32. The summed E-state index contributed by atoms with van der Waals surface area (Å²) in [5, 5.41) is 11.9. The highest BCUT2D eigenvalue weighted by molar-refractivity contribution is 8.93. The number of aliphatic carboxylic acids is 1. The standard InChI is InChI=1S/C8H15NO2.BrH/c1-9-6-8(7(10)11)4-2-3-5-8;/h9H,2-6H2,1H3,(H,10,11);1H. The molecule has 0 amide bonds. The number of hydrogen-bond acceptors (Lipinski definition) is 2. The van der Waals surface area contributed by atoms with Crippen LogP contribution in [0.5, 0.6) is 0 Å². The lowest BCUT2D eigenvalue weighted by molar-refractivity contribution is -0.148. The summed E-state index contributed by atoms with van der Waals surface area (Å²) >= 11 is 0. The molecule has 1 rings (SSSR count). The van der Waals surface area contributed by atoms with Gasteiger partial charge in [-0.2, -0.15) is 0 Å². The Morgan fingerprint density at radius 3 is 2.33 bits per heavy atom. The lowest BCUT2D eigenvalue weighted by Gasteiger charge is -2.22. The third-order valence-electron chi connectivity index (χ3n) is 2.53. The third-order valence-corrected chi connectivity index (χ3v) is 2.53. The minimum absolute atomic E-state index is 0. The Morgan fingerprint density at radius 2 is 2.00 bits per heavy atom. The molecule has 0 heterocycles. The van der Waals surface area contributed by atoms with Crippen LogP contribution in [0.3, 0.4) is 0 Å². The van der Waals surface area contributed by atoms with E-state index in [9.17, 15) is 4.79 Å². The van der Waals surface area contributed by atoms with Crippen molar-refractivity contribution < 1.29 is 9.90 Å². The van der Waals surface area contributed by atoms with Gasteiger partial charge in [-0.1, -0.05) is 12.8 Å². The SMILES string of the molecule is Br.CNCC1(C(=O)O)CCCC1. The molecule has 0 atom stereocenters. The summed E-state index contributed by atoms with van der Waals surface area (Å²) in [6, 6.07) is 0. The van der Waals surface area contributed by atoms with Crippen molar-refractivity contribution in [1.29, 1.82) is 0 Å². The van der Waals surface area contributed by atoms with Gasteiger partial charge in [-0.3, -0.25) is 4.79 Å². The van der Waals surface area contributed by atoms with Gasteiger partial charge in [0.05, 0.1) is 5.41 Å². The monoisotopic (exact) mass is 237 g/mol. The number of rotatable bonds is 3. The molecule has 0 aromatic heterocycles. The summed E-state index contributed by atoms with van der Waals surface area (Å²) in [5.41, 5.74) is -0.450. The molecule has 0 aliphatic heterocycles. The normalized spacial score (nSPS) is 20.1. The molecule has 2 N–H and O–H groups in total. The van der Waals surface area contributed by atoms with Gasteiger partial charge in [-0.05, 0) is 19.9 Å². The maximum atomic E-state index is 10.9. The first-order chi connectivity index (χ1) is 5.21. The van der Waals surface area contributed by atoms with Gasteiger partial charge in [0.25, 0.3) is 0 Å². The smallest absolute Gasteiger partial charge is 0.310 e. The molecule has 0 aromatic carbocycles. The van der Waals surface area contributed by atoms with E-state index in [1.54, 1.807) is 0 Å². The number of carboxylic acids is 1. The molecule has 12 heavy (non-hydrogen) atoms. The van der Waals surface area contributed by atoms with Crippen molar-refractivity contribution in [2.45, 2.75) is 25.7 Å². The average Bonchev–Trinajstić information content (AvgIpc) is 2.38. The molecule has 3 nitrogen and oxygen atoms in total. The van der Waals surface area contributed by atoms with Gasteiger partial charge >= 0.3 is 5.97 Å². The van der Waals surface area contributed by atoms with E-state index < -0.39 is 11.4 Å². The van der Waals surface area contributed by atoms with E-state index in [-0.39, 0.29) is 17.0 Å². The van der Waals surface area contributed by atoms with E-state index in [1.165, 1.54) is 0 Å². The summed E-state index contributed by atoms with van der Waals surface area (Å²) in [4.78, 5) is 10.9. The zero-order chi connectivity index (χ0) is 8.32. The fraction of sp³-hybridized carbons (Fsp3) is 0.875. The van der Waals surface area contributed by atoms with E-state index in [2.05, 4.69) is 5.32 Å². The third kappa shape index (κ3) is 2.20. The highest BCUT2D eigenvalue weighted by Crippen LogP contribution is 2.37. The number of carboxylic acid groups (broad SMARTS) is 1. The zero-order valence-corrected chi connectivity index (χ0v) is 9.01. The molecule has 1 fully saturated rings. The molecule has 0 spiro atoms. The molecular weight excluding hydrogens is 222 g/mol. The van der Waals surface area contributed by atoms with Crippen molar-refractivity contribution in [2.24, 2.45) is 5.41 Å². The molecule has 0 aromatic rings. The van der Waals surface area contributed by atoms with E-state index in [4.69, 9.17) is 5.11 Å². The van der Waals surface area contributed by atoms with Crippen LogP contribution in [0.25, 0.3) is 0 Å². The Bertz CT molecular complexity index is 155. The van der Waals surface area contributed by atoms with Crippen LogP contribution >= 0.6 is 17.0 Å². The van der Waals surface area contributed by atoms with Crippen LogP contribution in [-0.2, 0) is 4.79 Å². The number of halogens is 1. The highest BCUT2D eigenvalue weighted by atomic mass is 79.9. The van der Waals surface area contributed by atoms with Gasteiger partial charge in [0.1, 0.15) is 0 Å². The lowest BCUT2D eigenvalue weighted by Crippen LogP contribution is -2.37. The van der Waals surface area contributed by atoms with Crippen LogP contribution in [0.1, 0.15) is 25.7 Å².